The first-order valence-corrected chi connectivity index (χ1v) is 4.18. The van der Waals surface area contributed by atoms with Gasteiger partial charge in [-0.3, -0.25) is 0 Å². The number of carboxylic acid groups (broad SMARTS) is 1. The van der Waals surface area contributed by atoms with Crippen molar-refractivity contribution in [2.75, 3.05) is 0 Å². The molecule has 1 rings (SSSR count). The summed E-state index contributed by atoms with van der Waals surface area (Å²) in [5, 5.41) is 8.58. The molecule has 0 heterocycles. The molecule has 4 nitrogen and oxygen atoms in total. The molecule has 0 saturated heterocycles. The number of carboxylic acids is 1. The number of benzene rings is 1. The zero-order valence-corrected chi connectivity index (χ0v) is 8.01. The molecule has 0 aromatic heterocycles. The molecule has 88 valence electrons. The lowest BCUT2D eigenvalue weighted by molar-refractivity contribution is -0.143. The lowest BCUT2D eigenvalue weighted by Crippen LogP contribution is -2.58. The molecule has 0 unspecified atom stereocenters. The van der Waals surface area contributed by atoms with Gasteiger partial charge in [0.15, 0.2) is 23.1 Å². The van der Waals surface area contributed by atoms with Crippen molar-refractivity contribution in [1.82, 2.24) is 0 Å². The van der Waals surface area contributed by atoms with Gasteiger partial charge in [0.2, 0.25) is 0 Å². The van der Waals surface area contributed by atoms with Crippen LogP contribution in [0, 0.1) is 17.5 Å². The van der Waals surface area contributed by atoms with Crippen molar-refractivity contribution in [1.29, 1.82) is 0 Å². The quantitative estimate of drug-likeness (QED) is 0.520. The van der Waals surface area contributed by atoms with Crippen molar-refractivity contribution >= 4 is 5.97 Å². The molecular formula is C9H9F3N2O2. The Kier molecular flexibility index (Phi) is 3.20. The summed E-state index contributed by atoms with van der Waals surface area (Å²) in [6.07, 6.45) is -0.517. The summed E-state index contributed by atoms with van der Waals surface area (Å²) in [4.78, 5) is 10.6. The molecule has 0 saturated carbocycles. The topological polar surface area (TPSA) is 89.3 Å². The summed E-state index contributed by atoms with van der Waals surface area (Å²) in [7, 11) is 0. The van der Waals surface area contributed by atoms with Crippen LogP contribution in [-0.2, 0) is 11.2 Å². The second kappa shape index (κ2) is 4.11. The van der Waals surface area contributed by atoms with E-state index in [0.29, 0.717) is 12.1 Å². The van der Waals surface area contributed by atoms with E-state index in [9.17, 15) is 18.0 Å². The van der Waals surface area contributed by atoms with E-state index < -0.39 is 35.5 Å². The fraction of sp³-hybridized carbons (Fsp3) is 0.222. The van der Waals surface area contributed by atoms with Crippen molar-refractivity contribution in [3.63, 3.8) is 0 Å². The van der Waals surface area contributed by atoms with Gasteiger partial charge in [0.05, 0.1) is 0 Å². The standard InChI is InChI=1S/C9H9F3N2O2/c10-5-1-4(2-6(11)7(5)12)3-9(13,14)8(15)16/h1-2H,3,13-14H2,(H,15,16). The van der Waals surface area contributed by atoms with Crippen molar-refractivity contribution in [3.05, 3.63) is 35.1 Å². The monoisotopic (exact) mass is 234 g/mol. The first kappa shape index (κ1) is 12.5. The van der Waals surface area contributed by atoms with Gasteiger partial charge in [-0.25, -0.2) is 18.0 Å². The van der Waals surface area contributed by atoms with Crippen molar-refractivity contribution < 1.29 is 23.1 Å². The normalized spacial score (nSPS) is 11.6. The average Bonchev–Trinajstić information content (AvgIpc) is 2.13. The summed E-state index contributed by atoms with van der Waals surface area (Å²) >= 11 is 0. The Morgan fingerprint density at radius 1 is 1.25 bits per heavy atom. The largest absolute Gasteiger partial charge is 0.479 e. The van der Waals surface area contributed by atoms with Gasteiger partial charge < -0.3 is 16.6 Å². The minimum atomic E-state index is -2.16. The van der Waals surface area contributed by atoms with Gasteiger partial charge >= 0.3 is 5.97 Å². The highest BCUT2D eigenvalue weighted by molar-refractivity contribution is 5.77. The number of halogens is 3. The van der Waals surface area contributed by atoms with Crippen LogP contribution in [0.4, 0.5) is 13.2 Å². The maximum atomic E-state index is 12.8. The van der Waals surface area contributed by atoms with E-state index in [0.717, 1.165) is 0 Å². The van der Waals surface area contributed by atoms with Crippen LogP contribution < -0.4 is 11.5 Å². The van der Waals surface area contributed by atoms with E-state index in [1.807, 2.05) is 0 Å². The fourth-order valence-corrected chi connectivity index (χ4v) is 1.12. The van der Waals surface area contributed by atoms with Crippen LogP contribution in [0.3, 0.4) is 0 Å². The Balaban J connectivity index is 3.04. The van der Waals surface area contributed by atoms with E-state index >= 15 is 0 Å². The minimum Gasteiger partial charge on any atom is -0.479 e. The first-order valence-electron chi connectivity index (χ1n) is 4.18. The van der Waals surface area contributed by atoms with Gasteiger partial charge in [0.1, 0.15) is 0 Å². The van der Waals surface area contributed by atoms with E-state index in [1.165, 1.54) is 0 Å². The molecule has 0 aliphatic carbocycles. The summed E-state index contributed by atoms with van der Waals surface area (Å²) in [5.41, 5.74) is 8.05. The third kappa shape index (κ3) is 2.50. The van der Waals surface area contributed by atoms with Crippen LogP contribution >= 0.6 is 0 Å². The van der Waals surface area contributed by atoms with Crippen LogP contribution in [0.2, 0.25) is 0 Å². The lowest BCUT2D eigenvalue weighted by Gasteiger charge is -2.19. The number of hydrogen-bond donors (Lipinski definition) is 3. The Hall–Kier alpha value is -1.60. The fourth-order valence-electron chi connectivity index (χ4n) is 1.12. The summed E-state index contributed by atoms with van der Waals surface area (Å²) in [6, 6.07) is 1.30. The molecule has 0 amide bonds. The van der Waals surface area contributed by atoms with E-state index in [-0.39, 0.29) is 5.56 Å². The molecule has 16 heavy (non-hydrogen) atoms. The molecule has 1 aromatic carbocycles. The highest BCUT2D eigenvalue weighted by Crippen LogP contribution is 2.16. The molecule has 0 fully saturated rings. The Morgan fingerprint density at radius 2 is 1.69 bits per heavy atom. The predicted octanol–water partition coefficient (Wildman–Crippen LogP) is 0.345. The first-order chi connectivity index (χ1) is 7.24. The number of carbonyl (C=O) groups is 1. The van der Waals surface area contributed by atoms with Gasteiger partial charge in [0, 0.05) is 6.42 Å². The highest BCUT2D eigenvalue weighted by atomic mass is 19.2. The Labute approximate surface area is 88.7 Å². The van der Waals surface area contributed by atoms with E-state index in [1.54, 1.807) is 0 Å². The lowest BCUT2D eigenvalue weighted by atomic mass is 10.0. The van der Waals surface area contributed by atoms with Gasteiger partial charge in [-0.2, -0.15) is 0 Å². The molecule has 0 aliphatic heterocycles. The minimum absolute atomic E-state index is 0.135. The molecule has 0 bridgehead atoms. The molecule has 7 heteroatoms. The van der Waals surface area contributed by atoms with Crippen molar-refractivity contribution in [3.8, 4) is 0 Å². The zero-order chi connectivity index (χ0) is 12.5. The Morgan fingerprint density at radius 3 is 2.06 bits per heavy atom. The molecule has 1 aromatic rings. The van der Waals surface area contributed by atoms with Crippen molar-refractivity contribution in [2.45, 2.75) is 12.1 Å². The third-order valence-corrected chi connectivity index (χ3v) is 1.94. The Bertz CT molecular complexity index is 412. The molecule has 0 aliphatic rings. The number of aliphatic carboxylic acids is 1. The van der Waals surface area contributed by atoms with Crippen LogP contribution in [0.15, 0.2) is 12.1 Å². The van der Waals surface area contributed by atoms with Gasteiger partial charge in [0.25, 0.3) is 0 Å². The van der Waals surface area contributed by atoms with E-state index in [2.05, 4.69) is 0 Å². The molecule has 0 radical (unpaired) electrons. The number of rotatable bonds is 3. The van der Waals surface area contributed by atoms with Crippen LogP contribution in [0.5, 0.6) is 0 Å². The number of nitrogens with two attached hydrogens (primary N) is 2. The average molecular weight is 234 g/mol. The molecule has 0 spiro atoms. The molecule has 5 N–H and O–H groups in total. The van der Waals surface area contributed by atoms with Crippen LogP contribution in [0.1, 0.15) is 5.56 Å². The van der Waals surface area contributed by atoms with E-state index in [4.69, 9.17) is 16.6 Å². The SMILES string of the molecule is NC(N)(Cc1cc(F)c(F)c(F)c1)C(=O)O. The smallest absolute Gasteiger partial charge is 0.338 e. The maximum absolute atomic E-state index is 12.8. The summed E-state index contributed by atoms with van der Waals surface area (Å²) < 4.78 is 38.1. The number of hydrogen-bond acceptors (Lipinski definition) is 3. The molecular weight excluding hydrogens is 225 g/mol. The highest BCUT2D eigenvalue weighted by Gasteiger charge is 2.29. The van der Waals surface area contributed by atoms with Gasteiger partial charge in [-0.05, 0) is 17.7 Å². The third-order valence-electron chi connectivity index (χ3n) is 1.94. The summed E-state index contributed by atoms with van der Waals surface area (Å²) in [6.45, 7) is 0. The zero-order valence-electron chi connectivity index (χ0n) is 8.01. The summed E-state index contributed by atoms with van der Waals surface area (Å²) in [5.74, 6) is -6.00. The van der Waals surface area contributed by atoms with Gasteiger partial charge in [-0.15, -0.1) is 0 Å². The van der Waals surface area contributed by atoms with Gasteiger partial charge in [-0.1, -0.05) is 0 Å². The second-order valence-electron chi connectivity index (χ2n) is 3.40. The van der Waals surface area contributed by atoms with Crippen LogP contribution in [0.25, 0.3) is 0 Å². The maximum Gasteiger partial charge on any atom is 0.338 e. The van der Waals surface area contributed by atoms with Crippen LogP contribution in [-0.4, -0.2) is 16.7 Å². The molecule has 0 atom stereocenters. The van der Waals surface area contributed by atoms with Crippen molar-refractivity contribution in [2.24, 2.45) is 11.5 Å². The second-order valence-corrected chi connectivity index (χ2v) is 3.40. The predicted molar refractivity (Wildman–Crippen MR) is 48.8 cm³/mol.